The number of hydrazone groups is 1. The van der Waals surface area contributed by atoms with Crippen molar-refractivity contribution >= 4 is 61.3 Å². The molecule has 7 nitrogen and oxygen atoms in total. The van der Waals surface area contributed by atoms with E-state index >= 15 is 0 Å². The first-order valence-corrected chi connectivity index (χ1v) is 9.36. The number of carbonyl (C=O) groups excluding carboxylic acids is 1. The SMILES string of the molecule is CC1(C(=O)N/N=C/c2ccc(-c3cc([N+](=O)[O-])ccc3Cl)o2)CC1(Br)Br. The summed E-state index contributed by atoms with van der Waals surface area (Å²) < 4.78 is 5.18. The van der Waals surface area contributed by atoms with Crippen LogP contribution in [-0.4, -0.2) is 20.3 Å². The van der Waals surface area contributed by atoms with Gasteiger partial charge < -0.3 is 4.42 Å². The van der Waals surface area contributed by atoms with Crippen molar-refractivity contribution in [2.75, 3.05) is 0 Å². The summed E-state index contributed by atoms with van der Waals surface area (Å²) in [6.07, 6.45) is 2.00. The predicted octanol–water partition coefficient (Wildman–Crippen LogP) is 4.85. The first-order valence-electron chi connectivity index (χ1n) is 7.39. The highest BCUT2D eigenvalue weighted by molar-refractivity contribution is 9.25. The summed E-state index contributed by atoms with van der Waals surface area (Å²) in [5, 5.41) is 15.1. The summed E-state index contributed by atoms with van der Waals surface area (Å²) in [4.78, 5) is 22.5. The number of carbonyl (C=O) groups is 1. The minimum Gasteiger partial charge on any atom is -0.455 e. The van der Waals surface area contributed by atoms with Gasteiger partial charge in [-0.05, 0) is 31.5 Å². The molecule has 1 aromatic heterocycles. The van der Waals surface area contributed by atoms with Gasteiger partial charge in [0.15, 0.2) is 0 Å². The van der Waals surface area contributed by atoms with Gasteiger partial charge in [0.1, 0.15) is 11.5 Å². The number of nitrogens with one attached hydrogen (secondary N) is 1. The summed E-state index contributed by atoms with van der Waals surface area (Å²) in [5.74, 6) is 0.504. The van der Waals surface area contributed by atoms with Crippen molar-refractivity contribution in [3.8, 4) is 11.3 Å². The molecule has 0 spiro atoms. The third kappa shape index (κ3) is 3.56. The van der Waals surface area contributed by atoms with Gasteiger partial charge >= 0.3 is 0 Å². The molecule has 1 fully saturated rings. The number of nitrogens with zero attached hydrogens (tertiary/aromatic N) is 2. The van der Waals surface area contributed by atoms with Crippen molar-refractivity contribution in [2.24, 2.45) is 10.5 Å². The number of hydrogen-bond donors (Lipinski definition) is 1. The van der Waals surface area contributed by atoms with Crippen molar-refractivity contribution in [3.63, 3.8) is 0 Å². The largest absolute Gasteiger partial charge is 0.455 e. The van der Waals surface area contributed by atoms with Crippen LogP contribution < -0.4 is 5.43 Å². The van der Waals surface area contributed by atoms with Gasteiger partial charge in [-0.2, -0.15) is 5.10 Å². The zero-order chi connectivity index (χ0) is 19.1. The number of nitro benzene ring substituents is 1. The molecule has 0 radical (unpaired) electrons. The van der Waals surface area contributed by atoms with Gasteiger partial charge in [-0.25, -0.2) is 5.43 Å². The third-order valence-corrected chi connectivity index (χ3v) is 6.81. The lowest BCUT2D eigenvalue weighted by Crippen LogP contribution is -2.29. The summed E-state index contributed by atoms with van der Waals surface area (Å²) in [5.41, 5.74) is 2.21. The highest BCUT2D eigenvalue weighted by atomic mass is 79.9. The molecule has 3 rings (SSSR count). The average Bonchev–Trinajstić information content (AvgIpc) is 2.91. The summed E-state index contributed by atoms with van der Waals surface area (Å²) in [6.45, 7) is 1.82. The van der Waals surface area contributed by atoms with Gasteiger partial charge in [0.2, 0.25) is 5.91 Å². The monoisotopic (exact) mass is 503 g/mol. The fourth-order valence-electron chi connectivity index (χ4n) is 2.31. The van der Waals surface area contributed by atoms with Crippen molar-refractivity contribution in [1.29, 1.82) is 0 Å². The normalized spacial score (nSPS) is 20.9. The molecule has 1 heterocycles. The van der Waals surface area contributed by atoms with E-state index in [4.69, 9.17) is 16.0 Å². The molecule has 1 saturated carbocycles. The van der Waals surface area contributed by atoms with E-state index in [1.807, 2.05) is 6.92 Å². The van der Waals surface area contributed by atoms with Crippen molar-refractivity contribution in [1.82, 2.24) is 5.43 Å². The molecule has 1 aliphatic rings. The minimum absolute atomic E-state index is 0.0889. The molecule has 1 amide bonds. The molecule has 1 N–H and O–H groups in total. The van der Waals surface area contributed by atoms with E-state index in [9.17, 15) is 14.9 Å². The summed E-state index contributed by atoms with van der Waals surface area (Å²) in [6, 6.07) is 7.34. The Morgan fingerprint density at radius 1 is 1.42 bits per heavy atom. The molecule has 10 heteroatoms. The van der Waals surface area contributed by atoms with E-state index in [0.717, 1.165) is 0 Å². The lowest BCUT2D eigenvalue weighted by Gasteiger charge is -2.09. The number of benzene rings is 1. The number of non-ortho nitro benzene ring substituents is 1. The van der Waals surface area contributed by atoms with Crippen molar-refractivity contribution in [2.45, 2.75) is 16.6 Å². The van der Waals surface area contributed by atoms with Crippen LogP contribution in [0.25, 0.3) is 11.3 Å². The Morgan fingerprint density at radius 2 is 2.12 bits per heavy atom. The van der Waals surface area contributed by atoms with Crippen LogP contribution in [0.5, 0.6) is 0 Å². The Balaban J connectivity index is 1.72. The second-order valence-corrected chi connectivity index (χ2v) is 10.2. The van der Waals surface area contributed by atoms with Gasteiger partial charge in [0, 0.05) is 17.7 Å². The lowest BCUT2D eigenvalue weighted by atomic mass is 10.1. The number of rotatable bonds is 5. The first-order chi connectivity index (χ1) is 12.1. The second-order valence-electron chi connectivity index (χ2n) is 6.04. The summed E-state index contributed by atoms with van der Waals surface area (Å²) in [7, 11) is 0. The van der Waals surface area contributed by atoms with Crippen LogP contribution in [0.3, 0.4) is 0 Å². The number of amides is 1. The molecule has 136 valence electrons. The number of nitro groups is 1. The van der Waals surface area contributed by atoms with E-state index in [2.05, 4.69) is 42.4 Å². The minimum atomic E-state index is -0.574. The second kappa shape index (κ2) is 6.79. The quantitative estimate of drug-likeness (QED) is 0.272. The van der Waals surface area contributed by atoms with E-state index < -0.39 is 13.6 Å². The van der Waals surface area contributed by atoms with Gasteiger partial charge in [-0.1, -0.05) is 43.5 Å². The van der Waals surface area contributed by atoms with Crippen LogP contribution in [0.1, 0.15) is 19.1 Å². The molecule has 1 unspecified atom stereocenters. The van der Waals surface area contributed by atoms with Crippen LogP contribution in [0.4, 0.5) is 5.69 Å². The molecular formula is C16H12Br2ClN3O4. The summed E-state index contributed by atoms with van der Waals surface area (Å²) >= 11 is 12.9. The highest BCUT2D eigenvalue weighted by Crippen LogP contribution is 2.66. The van der Waals surface area contributed by atoms with E-state index in [1.54, 1.807) is 12.1 Å². The molecule has 1 aliphatic carbocycles. The van der Waals surface area contributed by atoms with Crippen LogP contribution in [0, 0.1) is 15.5 Å². The maximum Gasteiger partial charge on any atom is 0.270 e. The van der Waals surface area contributed by atoms with Crippen molar-refractivity contribution in [3.05, 3.63) is 51.2 Å². The number of halogens is 3. The molecule has 0 saturated heterocycles. The molecule has 0 aliphatic heterocycles. The van der Waals surface area contributed by atoms with E-state index in [-0.39, 0.29) is 11.6 Å². The Hall–Kier alpha value is -1.71. The van der Waals surface area contributed by atoms with Gasteiger partial charge in [-0.15, -0.1) is 0 Å². The lowest BCUT2D eigenvalue weighted by molar-refractivity contribution is -0.384. The maximum absolute atomic E-state index is 12.1. The van der Waals surface area contributed by atoms with E-state index in [0.29, 0.717) is 28.5 Å². The fraction of sp³-hybridized carbons (Fsp3) is 0.250. The zero-order valence-corrected chi connectivity index (χ0v) is 17.3. The van der Waals surface area contributed by atoms with Crippen LogP contribution in [0.15, 0.2) is 39.9 Å². The molecule has 2 aromatic rings. The molecule has 26 heavy (non-hydrogen) atoms. The molecule has 0 bridgehead atoms. The maximum atomic E-state index is 12.1. The number of hydrogen-bond acceptors (Lipinski definition) is 5. The molecular weight excluding hydrogens is 493 g/mol. The van der Waals surface area contributed by atoms with Crippen LogP contribution >= 0.6 is 43.5 Å². The number of alkyl halides is 2. The topological polar surface area (TPSA) is 97.7 Å². The highest BCUT2D eigenvalue weighted by Gasteiger charge is 2.66. The Bertz CT molecular complexity index is 928. The predicted molar refractivity (Wildman–Crippen MR) is 105 cm³/mol. The zero-order valence-electron chi connectivity index (χ0n) is 13.3. The van der Waals surface area contributed by atoms with Gasteiger partial charge in [-0.3, -0.25) is 14.9 Å². The number of furan rings is 1. The van der Waals surface area contributed by atoms with Gasteiger partial charge in [0.05, 0.1) is 24.8 Å². The molecule has 1 aromatic carbocycles. The Kier molecular flexibility index (Phi) is 4.98. The third-order valence-electron chi connectivity index (χ3n) is 4.17. The average molecular weight is 506 g/mol. The first kappa shape index (κ1) is 19.1. The van der Waals surface area contributed by atoms with Crippen molar-refractivity contribution < 1.29 is 14.1 Å². The smallest absolute Gasteiger partial charge is 0.270 e. The van der Waals surface area contributed by atoms with Gasteiger partial charge in [0.25, 0.3) is 5.69 Å². The Labute approximate surface area is 170 Å². The van der Waals surface area contributed by atoms with Crippen LogP contribution in [0.2, 0.25) is 5.02 Å². The Morgan fingerprint density at radius 3 is 2.73 bits per heavy atom. The van der Waals surface area contributed by atoms with E-state index in [1.165, 1.54) is 24.4 Å². The van der Waals surface area contributed by atoms with Crippen LogP contribution in [-0.2, 0) is 4.79 Å². The standard InChI is InChI=1S/C16H12Br2ClN3O4/c1-15(8-16(15,17)18)14(23)21-20-7-10-3-5-13(26-10)11-6-9(22(24)25)2-4-12(11)19/h2-7H,8H2,1H3,(H,21,23)/b20-7+. The molecule has 1 atom stereocenters. The fourth-order valence-corrected chi connectivity index (χ4v) is 4.00.